The first-order valence-corrected chi connectivity index (χ1v) is 8.90. The van der Waals surface area contributed by atoms with Crippen LogP contribution in [0.4, 0.5) is 0 Å². The van der Waals surface area contributed by atoms with E-state index in [2.05, 4.69) is 0 Å². The number of methoxy groups -OCH3 is 2. The molecule has 1 amide bonds. The number of rotatable bonds is 7. The summed E-state index contributed by atoms with van der Waals surface area (Å²) in [6.45, 7) is 0.395. The molecule has 0 fully saturated rings. The third-order valence-corrected chi connectivity index (χ3v) is 4.34. The lowest BCUT2D eigenvalue weighted by molar-refractivity contribution is 0.0781. The molecule has 0 atom stereocenters. The highest BCUT2D eigenvalue weighted by Crippen LogP contribution is 2.28. The Kier molecular flexibility index (Phi) is 6.17. The van der Waals surface area contributed by atoms with Crippen LogP contribution in [0, 0.1) is 0 Å². The summed E-state index contributed by atoms with van der Waals surface area (Å²) in [5, 5.41) is 0. The molecule has 0 aliphatic carbocycles. The zero-order valence-electron chi connectivity index (χ0n) is 16.2. The summed E-state index contributed by atoms with van der Waals surface area (Å²) in [6, 6.07) is 22.2. The summed E-state index contributed by atoms with van der Waals surface area (Å²) in [5.41, 5.74) is 1.39. The second-order valence-electron chi connectivity index (χ2n) is 6.25. The first-order chi connectivity index (χ1) is 13.6. The number of para-hydroxylation sites is 2. The van der Waals surface area contributed by atoms with Crippen molar-refractivity contribution in [3.63, 3.8) is 0 Å². The number of hydrogen-bond donors (Lipinski definition) is 0. The minimum absolute atomic E-state index is 0.135. The average Bonchev–Trinajstić information content (AvgIpc) is 2.74. The van der Waals surface area contributed by atoms with Gasteiger partial charge < -0.3 is 19.1 Å². The second kappa shape index (κ2) is 8.95. The summed E-state index contributed by atoms with van der Waals surface area (Å²) in [7, 11) is 4.96. The molecule has 5 heteroatoms. The van der Waals surface area contributed by atoms with E-state index in [1.54, 1.807) is 44.4 Å². The predicted molar refractivity (Wildman–Crippen MR) is 108 cm³/mol. The van der Waals surface area contributed by atoms with Gasteiger partial charge >= 0.3 is 0 Å². The lowest BCUT2D eigenvalue weighted by Gasteiger charge is -2.20. The van der Waals surface area contributed by atoms with E-state index in [4.69, 9.17) is 14.2 Å². The minimum Gasteiger partial charge on any atom is -0.497 e. The van der Waals surface area contributed by atoms with Crippen molar-refractivity contribution >= 4 is 5.91 Å². The van der Waals surface area contributed by atoms with Crippen molar-refractivity contribution < 1.29 is 19.0 Å². The number of nitrogens with zero attached hydrogens (tertiary/aromatic N) is 1. The summed E-state index contributed by atoms with van der Waals surface area (Å²) in [5.74, 6) is 2.45. The van der Waals surface area contributed by atoms with Crippen LogP contribution in [-0.2, 0) is 6.54 Å². The highest BCUT2D eigenvalue weighted by Gasteiger charge is 2.18. The van der Waals surface area contributed by atoms with Crippen LogP contribution in [0.25, 0.3) is 0 Å². The standard InChI is InChI=1S/C23H23NO4/c1-24(16-17-13-14-19(26-2)15-22(17)27-3)23(25)20-11-7-8-12-21(20)28-18-9-5-4-6-10-18/h4-15H,16H2,1-3H3. The molecule has 0 aromatic heterocycles. The fraction of sp³-hybridized carbons (Fsp3) is 0.174. The van der Waals surface area contributed by atoms with Crippen LogP contribution in [-0.4, -0.2) is 32.1 Å². The molecule has 0 aliphatic heterocycles. The van der Waals surface area contributed by atoms with Gasteiger partial charge in [0.2, 0.25) is 0 Å². The fourth-order valence-electron chi connectivity index (χ4n) is 2.86. The Balaban J connectivity index is 1.81. The molecule has 3 aromatic carbocycles. The number of ether oxygens (including phenoxy) is 3. The van der Waals surface area contributed by atoms with Crippen molar-refractivity contribution in [1.29, 1.82) is 0 Å². The van der Waals surface area contributed by atoms with E-state index in [1.165, 1.54) is 0 Å². The minimum atomic E-state index is -0.135. The number of benzene rings is 3. The molecule has 144 valence electrons. The number of carbonyl (C=O) groups is 1. The summed E-state index contributed by atoms with van der Waals surface area (Å²) in [4.78, 5) is 14.7. The first kappa shape index (κ1) is 19.3. The maximum absolute atomic E-state index is 13.1. The molecule has 0 aliphatic rings. The van der Waals surface area contributed by atoms with Crippen LogP contribution in [0.1, 0.15) is 15.9 Å². The topological polar surface area (TPSA) is 48.0 Å². The molecular formula is C23H23NO4. The molecule has 0 unspecified atom stereocenters. The van der Waals surface area contributed by atoms with Gasteiger partial charge in [-0.1, -0.05) is 30.3 Å². The number of amides is 1. The smallest absolute Gasteiger partial charge is 0.257 e. The molecule has 0 heterocycles. The number of hydrogen-bond acceptors (Lipinski definition) is 4. The lowest BCUT2D eigenvalue weighted by Crippen LogP contribution is -2.26. The molecule has 28 heavy (non-hydrogen) atoms. The molecule has 0 bridgehead atoms. The fourth-order valence-corrected chi connectivity index (χ4v) is 2.86. The summed E-state index contributed by atoms with van der Waals surface area (Å²) in [6.07, 6.45) is 0. The Morgan fingerprint density at radius 2 is 1.54 bits per heavy atom. The van der Waals surface area contributed by atoms with Gasteiger partial charge in [-0.3, -0.25) is 4.79 Å². The third kappa shape index (κ3) is 4.43. The van der Waals surface area contributed by atoms with E-state index in [1.807, 2.05) is 54.6 Å². The third-order valence-electron chi connectivity index (χ3n) is 4.34. The van der Waals surface area contributed by atoms with Crippen molar-refractivity contribution in [2.24, 2.45) is 0 Å². The van der Waals surface area contributed by atoms with Gasteiger partial charge in [0.05, 0.1) is 19.8 Å². The highest BCUT2D eigenvalue weighted by atomic mass is 16.5. The van der Waals surface area contributed by atoms with E-state index in [0.717, 1.165) is 5.56 Å². The van der Waals surface area contributed by atoms with Gasteiger partial charge in [-0.25, -0.2) is 0 Å². The average molecular weight is 377 g/mol. The van der Waals surface area contributed by atoms with Gasteiger partial charge in [0.25, 0.3) is 5.91 Å². The van der Waals surface area contributed by atoms with E-state index < -0.39 is 0 Å². The Morgan fingerprint density at radius 1 is 0.821 bits per heavy atom. The molecule has 0 radical (unpaired) electrons. The van der Waals surface area contributed by atoms with E-state index in [-0.39, 0.29) is 5.91 Å². The van der Waals surface area contributed by atoms with Crippen LogP contribution in [0.3, 0.4) is 0 Å². The first-order valence-electron chi connectivity index (χ1n) is 8.90. The molecule has 0 N–H and O–H groups in total. The van der Waals surface area contributed by atoms with E-state index in [0.29, 0.717) is 35.1 Å². The van der Waals surface area contributed by atoms with Gasteiger partial charge in [-0.15, -0.1) is 0 Å². The van der Waals surface area contributed by atoms with Crippen molar-refractivity contribution in [2.75, 3.05) is 21.3 Å². The van der Waals surface area contributed by atoms with Crippen LogP contribution in [0.15, 0.2) is 72.8 Å². The van der Waals surface area contributed by atoms with Crippen LogP contribution in [0.5, 0.6) is 23.0 Å². The van der Waals surface area contributed by atoms with E-state index >= 15 is 0 Å². The molecule has 0 saturated carbocycles. The summed E-state index contributed by atoms with van der Waals surface area (Å²) < 4.78 is 16.6. The second-order valence-corrected chi connectivity index (χ2v) is 6.25. The van der Waals surface area contributed by atoms with Gasteiger partial charge in [0.15, 0.2) is 0 Å². The maximum Gasteiger partial charge on any atom is 0.257 e. The largest absolute Gasteiger partial charge is 0.497 e. The normalized spacial score (nSPS) is 10.2. The molecule has 3 rings (SSSR count). The van der Waals surface area contributed by atoms with Crippen LogP contribution < -0.4 is 14.2 Å². The molecule has 5 nitrogen and oxygen atoms in total. The molecular weight excluding hydrogens is 354 g/mol. The zero-order valence-corrected chi connectivity index (χ0v) is 16.2. The van der Waals surface area contributed by atoms with Crippen molar-refractivity contribution in [3.8, 4) is 23.0 Å². The SMILES string of the molecule is COc1ccc(CN(C)C(=O)c2ccccc2Oc2ccccc2)c(OC)c1. The van der Waals surface area contributed by atoms with Gasteiger partial charge in [0.1, 0.15) is 23.0 Å². The van der Waals surface area contributed by atoms with Gasteiger partial charge in [-0.05, 0) is 36.4 Å². The monoisotopic (exact) mass is 377 g/mol. The Labute approximate surface area is 165 Å². The molecule has 0 spiro atoms. The zero-order chi connectivity index (χ0) is 19.9. The van der Waals surface area contributed by atoms with Crippen LogP contribution in [0.2, 0.25) is 0 Å². The quantitative estimate of drug-likeness (QED) is 0.595. The Hall–Kier alpha value is -3.47. The predicted octanol–water partition coefficient (Wildman–Crippen LogP) is 4.77. The highest BCUT2D eigenvalue weighted by molar-refractivity contribution is 5.96. The van der Waals surface area contributed by atoms with Gasteiger partial charge in [0, 0.05) is 25.2 Å². The lowest BCUT2D eigenvalue weighted by atomic mass is 10.1. The Bertz CT molecular complexity index is 940. The van der Waals surface area contributed by atoms with Crippen molar-refractivity contribution in [2.45, 2.75) is 6.54 Å². The van der Waals surface area contributed by atoms with Gasteiger partial charge in [-0.2, -0.15) is 0 Å². The van der Waals surface area contributed by atoms with Crippen molar-refractivity contribution in [3.05, 3.63) is 83.9 Å². The summed E-state index contributed by atoms with van der Waals surface area (Å²) >= 11 is 0. The molecule has 0 saturated heterocycles. The number of carbonyl (C=O) groups excluding carboxylic acids is 1. The van der Waals surface area contributed by atoms with Crippen molar-refractivity contribution in [1.82, 2.24) is 4.90 Å². The molecule has 3 aromatic rings. The van der Waals surface area contributed by atoms with Crippen LogP contribution >= 0.6 is 0 Å². The maximum atomic E-state index is 13.1. The van der Waals surface area contributed by atoms with E-state index in [9.17, 15) is 4.79 Å². The Morgan fingerprint density at radius 3 is 2.25 bits per heavy atom.